The maximum atomic E-state index is 14.3. The second-order valence-corrected chi connectivity index (χ2v) is 22.6. The monoisotopic (exact) mass is 1030 g/mol. The molecule has 5 aromatic rings. The number of benzene rings is 5. The number of piperidine rings is 1. The van der Waals surface area contributed by atoms with E-state index in [0.29, 0.717) is 61.4 Å². The standard InChI is InChI=1S/C50H58ClF3N6O6S3/c1-58(26-8-27-59-31-24-55-25-32-59)28-23-40(35-67-42-11-3-2-4-12-42)56-46-20-19-43(34-47(46)68(63,64)50(52,53)54)69(65,66)57-49(62)38-9-7-10-41(33-38)60-29-21-37(22-30-60)48(61)45-14-6-5-13-44(45)36-15-17-39(51)18-16-36/h2-7,9-20,33-34,37,40,48,55-56,61H,8,21-32,35H2,1H3,(H,57,62)/t40-,48-/m1/s1. The number of hydrogen-bond donors (Lipinski definition) is 4. The molecule has 2 fully saturated rings. The summed E-state index contributed by atoms with van der Waals surface area (Å²) in [5.74, 6) is -0.764. The van der Waals surface area contributed by atoms with Gasteiger partial charge in [0.2, 0.25) is 0 Å². The maximum absolute atomic E-state index is 14.3. The number of aliphatic hydroxyl groups is 1. The number of alkyl halides is 3. The number of aliphatic hydroxyl groups excluding tert-OH is 1. The Bertz CT molecular complexity index is 2730. The van der Waals surface area contributed by atoms with Gasteiger partial charge in [0.05, 0.1) is 16.7 Å². The third-order valence-corrected chi connectivity index (χ3v) is 16.9. The first kappa shape index (κ1) is 52.2. The van der Waals surface area contributed by atoms with Crippen LogP contribution in [0.1, 0.15) is 47.7 Å². The van der Waals surface area contributed by atoms with Crippen molar-refractivity contribution >= 4 is 60.5 Å². The lowest BCUT2D eigenvalue weighted by molar-refractivity contribution is -0.0435. The molecule has 5 aromatic carbocycles. The predicted molar refractivity (Wildman–Crippen MR) is 268 cm³/mol. The van der Waals surface area contributed by atoms with Crippen molar-refractivity contribution in [3.8, 4) is 11.1 Å². The number of rotatable bonds is 20. The van der Waals surface area contributed by atoms with Crippen LogP contribution in [-0.2, 0) is 19.9 Å². The fourth-order valence-electron chi connectivity index (χ4n) is 8.71. The third kappa shape index (κ3) is 13.8. The zero-order valence-corrected chi connectivity index (χ0v) is 41.5. The van der Waals surface area contributed by atoms with E-state index in [1.165, 1.54) is 23.9 Å². The van der Waals surface area contributed by atoms with Crippen molar-refractivity contribution in [2.24, 2.45) is 5.92 Å². The number of hydrogen-bond acceptors (Lipinski definition) is 12. The van der Waals surface area contributed by atoms with Crippen LogP contribution in [0.25, 0.3) is 11.1 Å². The van der Waals surface area contributed by atoms with Crippen molar-refractivity contribution in [3.05, 3.63) is 137 Å². The molecule has 0 saturated carbocycles. The first-order chi connectivity index (χ1) is 33.0. The van der Waals surface area contributed by atoms with Crippen LogP contribution in [0.3, 0.4) is 0 Å². The molecule has 2 heterocycles. The molecule has 69 heavy (non-hydrogen) atoms. The van der Waals surface area contributed by atoms with Gasteiger partial charge in [-0.05, 0) is 136 Å². The lowest BCUT2D eigenvalue weighted by atomic mass is 9.84. The fraction of sp³-hybridized carbons (Fsp3) is 0.380. The topological polar surface area (TPSA) is 151 Å². The van der Waals surface area contributed by atoms with E-state index in [0.717, 1.165) is 79.4 Å². The average Bonchev–Trinajstić information content (AvgIpc) is 3.35. The number of piperazine rings is 1. The molecule has 0 spiro atoms. The molecule has 2 aliphatic rings. The Labute approximate surface area is 412 Å². The lowest BCUT2D eigenvalue weighted by Crippen LogP contribution is -2.44. The Morgan fingerprint density at radius 2 is 1.57 bits per heavy atom. The first-order valence-corrected chi connectivity index (χ1v) is 27.3. The van der Waals surface area contributed by atoms with E-state index in [1.54, 1.807) is 24.3 Å². The van der Waals surface area contributed by atoms with Gasteiger partial charge in [-0.1, -0.05) is 72.3 Å². The van der Waals surface area contributed by atoms with Crippen molar-refractivity contribution in [2.75, 3.05) is 81.9 Å². The molecule has 0 aromatic heterocycles. The molecular weight excluding hydrogens is 969 g/mol. The number of anilines is 2. The van der Waals surface area contributed by atoms with Crippen molar-refractivity contribution in [1.82, 2.24) is 19.8 Å². The Morgan fingerprint density at radius 1 is 0.870 bits per heavy atom. The van der Waals surface area contributed by atoms with Gasteiger partial charge in [-0.2, -0.15) is 13.2 Å². The number of nitrogens with one attached hydrogen (secondary N) is 3. The highest BCUT2D eigenvalue weighted by Crippen LogP contribution is 2.39. The van der Waals surface area contributed by atoms with E-state index in [4.69, 9.17) is 11.6 Å². The lowest BCUT2D eigenvalue weighted by Gasteiger charge is -2.36. The number of halogens is 4. The van der Waals surface area contributed by atoms with E-state index in [2.05, 4.69) is 20.4 Å². The molecule has 7 rings (SSSR count). The smallest absolute Gasteiger partial charge is 0.388 e. The number of carbonyl (C=O) groups excluding carboxylic acids is 1. The Morgan fingerprint density at radius 3 is 2.28 bits per heavy atom. The summed E-state index contributed by atoms with van der Waals surface area (Å²) in [5.41, 5.74) is -2.93. The van der Waals surface area contributed by atoms with Crippen LogP contribution < -0.4 is 20.3 Å². The summed E-state index contributed by atoms with van der Waals surface area (Å²) in [6.45, 7) is 7.20. The largest absolute Gasteiger partial charge is 0.501 e. The molecule has 0 aliphatic carbocycles. The van der Waals surface area contributed by atoms with Crippen LogP contribution in [0.4, 0.5) is 24.5 Å². The normalized spacial score (nSPS) is 16.3. The molecule has 2 aliphatic heterocycles. The van der Waals surface area contributed by atoms with Crippen LogP contribution in [0.15, 0.2) is 136 Å². The van der Waals surface area contributed by atoms with E-state index < -0.39 is 58.9 Å². The highest BCUT2D eigenvalue weighted by molar-refractivity contribution is 7.99. The van der Waals surface area contributed by atoms with Crippen LogP contribution in [-0.4, -0.2) is 121 Å². The van der Waals surface area contributed by atoms with E-state index >= 15 is 0 Å². The molecule has 0 unspecified atom stereocenters. The van der Waals surface area contributed by atoms with Crippen LogP contribution in [0.5, 0.6) is 0 Å². The van der Waals surface area contributed by atoms with Crippen molar-refractivity contribution in [3.63, 3.8) is 0 Å². The van der Waals surface area contributed by atoms with Gasteiger partial charge in [0.25, 0.3) is 25.8 Å². The molecule has 0 radical (unpaired) electrons. The summed E-state index contributed by atoms with van der Waals surface area (Å²) in [5, 5.41) is 18.6. The number of sulfonamides is 1. The van der Waals surface area contributed by atoms with E-state index in [1.807, 2.05) is 83.4 Å². The summed E-state index contributed by atoms with van der Waals surface area (Å²) in [4.78, 5) is 18.9. The van der Waals surface area contributed by atoms with Gasteiger partial charge in [-0.25, -0.2) is 21.6 Å². The zero-order chi connectivity index (χ0) is 49.2. The summed E-state index contributed by atoms with van der Waals surface area (Å²) in [6.07, 6.45) is 1.86. The van der Waals surface area contributed by atoms with Crippen LogP contribution >= 0.6 is 23.4 Å². The van der Waals surface area contributed by atoms with Crippen LogP contribution in [0.2, 0.25) is 5.02 Å². The number of sulfone groups is 1. The maximum Gasteiger partial charge on any atom is 0.501 e. The minimum Gasteiger partial charge on any atom is -0.388 e. The number of amides is 1. The number of carbonyl (C=O) groups is 1. The highest BCUT2D eigenvalue weighted by atomic mass is 35.5. The highest BCUT2D eigenvalue weighted by Gasteiger charge is 2.48. The van der Waals surface area contributed by atoms with Crippen molar-refractivity contribution < 1.29 is 39.9 Å². The summed E-state index contributed by atoms with van der Waals surface area (Å²) in [7, 11) is -9.02. The average molecular weight is 1030 g/mol. The Kier molecular flexibility index (Phi) is 17.8. The molecule has 12 nitrogen and oxygen atoms in total. The molecule has 1 amide bonds. The van der Waals surface area contributed by atoms with Gasteiger partial charge in [-0.15, -0.1) is 11.8 Å². The first-order valence-electron chi connectivity index (χ1n) is 22.9. The van der Waals surface area contributed by atoms with Gasteiger partial charge in [-0.3, -0.25) is 4.79 Å². The van der Waals surface area contributed by atoms with E-state index in [-0.39, 0.29) is 11.5 Å². The van der Waals surface area contributed by atoms with Crippen molar-refractivity contribution in [2.45, 2.75) is 58.0 Å². The van der Waals surface area contributed by atoms with Crippen LogP contribution in [0, 0.1) is 5.92 Å². The van der Waals surface area contributed by atoms with Gasteiger partial charge < -0.3 is 30.4 Å². The molecule has 2 atom stereocenters. The van der Waals surface area contributed by atoms with Gasteiger partial charge in [0.1, 0.15) is 4.90 Å². The fourth-order valence-corrected chi connectivity index (χ4v) is 11.9. The molecule has 370 valence electrons. The number of nitrogens with zero attached hydrogens (tertiary/aromatic N) is 3. The summed E-state index contributed by atoms with van der Waals surface area (Å²) in [6, 6.07) is 32.7. The molecule has 2 saturated heterocycles. The van der Waals surface area contributed by atoms with Gasteiger partial charge >= 0.3 is 5.51 Å². The van der Waals surface area contributed by atoms with Crippen molar-refractivity contribution in [1.29, 1.82) is 0 Å². The Balaban J connectivity index is 1.03. The SMILES string of the molecule is CN(CCCN1CCNCC1)CC[C@H](CSc1ccccc1)Nc1ccc(S(=O)(=O)NC(=O)c2cccc(N3CCC([C@@H](O)c4ccccc4-c4ccc(Cl)cc4)CC3)c2)cc1S(=O)(=O)C(F)(F)F. The molecule has 19 heteroatoms. The quantitative estimate of drug-likeness (QED) is 0.0554. The summed E-state index contributed by atoms with van der Waals surface area (Å²) < 4.78 is 98.8. The number of thioether (sulfide) groups is 1. The van der Waals surface area contributed by atoms with Gasteiger partial charge in [0.15, 0.2) is 0 Å². The molecule has 0 bridgehead atoms. The predicted octanol–water partition coefficient (Wildman–Crippen LogP) is 8.56. The summed E-state index contributed by atoms with van der Waals surface area (Å²) >= 11 is 7.57. The van der Waals surface area contributed by atoms with Gasteiger partial charge in [0, 0.05) is 72.2 Å². The zero-order valence-electron chi connectivity index (χ0n) is 38.2. The third-order valence-electron chi connectivity index (χ3n) is 12.6. The second-order valence-electron chi connectivity index (χ2n) is 17.5. The minimum atomic E-state index is -6.09. The van der Waals surface area contributed by atoms with E-state index in [9.17, 15) is 39.9 Å². The molecule has 4 N–H and O–H groups in total. The minimum absolute atomic E-state index is 0.0379. The second kappa shape index (κ2) is 23.5. The Hall–Kier alpha value is -4.66. The molecular formula is C50H58ClF3N6O6S3.